The summed E-state index contributed by atoms with van der Waals surface area (Å²) in [7, 11) is 0. The van der Waals surface area contributed by atoms with Crippen LogP contribution in [0.1, 0.15) is 46.5 Å². The van der Waals surface area contributed by atoms with Crippen molar-refractivity contribution < 1.29 is 9.90 Å². The highest BCUT2D eigenvalue weighted by Gasteiger charge is 2.26. The Hall–Kier alpha value is -0.610. The SMILES string of the molecule is CCCC(C)(O)CNC(=O)C1CC(C)CCN1. The number of rotatable bonds is 5. The maximum absolute atomic E-state index is 11.9. The maximum atomic E-state index is 11.9. The standard InChI is InChI=1S/C13H26N2O2/c1-4-6-13(3,17)9-15-12(16)11-8-10(2)5-7-14-11/h10-11,14,17H,4-9H2,1-3H3,(H,15,16). The summed E-state index contributed by atoms with van der Waals surface area (Å²) in [5, 5.41) is 16.0. The third-order valence-electron chi connectivity index (χ3n) is 3.41. The van der Waals surface area contributed by atoms with Crippen molar-refractivity contribution in [1.82, 2.24) is 10.6 Å². The fourth-order valence-corrected chi connectivity index (χ4v) is 2.33. The Morgan fingerprint density at radius 2 is 2.29 bits per heavy atom. The molecule has 1 rings (SSSR count). The molecule has 0 aromatic heterocycles. The Morgan fingerprint density at radius 3 is 2.88 bits per heavy atom. The van der Waals surface area contributed by atoms with Crippen LogP contribution in [0.25, 0.3) is 0 Å². The van der Waals surface area contributed by atoms with Crippen molar-refractivity contribution in [3.05, 3.63) is 0 Å². The predicted octanol–water partition coefficient (Wildman–Crippen LogP) is 1.04. The molecule has 0 aliphatic carbocycles. The van der Waals surface area contributed by atoms with Crippen LogP contribution >= 0.6 is 0 Å². The van der Waals surface area contributed by atoms with Crippen LogP contribution < -0.4 is 10.6 Å². The minimum Gasteiger partial charge on any atom is -0.388 e. The van der Waals surface area contributed by atoms with Crippen molar-refractivity contribution in [1.29, 1.82) is 0 Å². The first-order valence-corrected chi connectivity index (χ1v) is 6.68. The molecule has 0 radical (unpaired) electrons. The van der Waals surface area contributed by atoms with Gasteiger partial charge in [-0.2, -0.15) is 0 Å². The van der Waals surface area contributed by atoms with Gasteiger partial charge in [-0.15, -0.1) is 0 Å². The zero-order chi connectivity index (χ0) is 12.9. The van der Waals surface area contributed by atoms with Crippen LogP contribution in [0.2, 0.25) is 0 Å². The topological polar surface area (TPSA) is 61.4 Å². The first-order chi connectivity index (χ1) is 7.94. The molecular formula is C13H26N2O2. The number of piperidine rings is 1. The smallest absolute Gasteiger partial charge is 0.237 e. The van der Waals surface area contributed by atoms with Gasteiger partial charge < -0.3 is 15.7 Å². The number of aliphatic hydroxyl groups is 1. The van der Waals surface area contributed by atoms with E-state index in [2.05, 4.69) is 17.6 Å². The highest BCUT2D eigenvalue weighted by atomic mass is 16.3. The van der Waals surface area contributed by atoms with Crippen molar-refractivity contribution in [2.24, 2.45) is 5.92 Å². The number of carbonyl (C=O) groups is 1. The molecule has 1 aliphatic heterocycles. The van der Waals surface area contributed by atoms with Crippen molar-refractivity contribution in [3.8, 4) is 0 Å². The summed E-state index contributed by atoms with van der Waals surface area (Å²) in [4.78, 5) is 11.9. The molecule has 1 aliphatic rings. The summed E-state index contributed by atoms with van der Waals surface area (Å²) >= 11 is 0. The number of hydrogen-bond donors (Lipinski definition) is 3. The molecule has 3 unspecified atom stereocenters. The van der Waals surface area contributed by atoms with Gasteiger partial charge in [0.25, 0.3) is 0 Å². The van der Waals surface area contributed by atoms with Crippen LogP contribution in [0.3, 0.4) is 0 Å². The number of amides is 1. The highest BCUT2D eigenvalue weighted by Crippen LogP contribution is 2.15. The molecule has 1 heterocycles. The van der Waals surface area contributed by atoms with E-state index in [1.807, 2.05) is 6.92 Å². The number of carbonyl (C=O) groups excluding carboxylic acids is 1. The van der Waals surface area contributed by atoms with E-state index in [0.29, 0.717) is 18.9 Å². The molecule has 3 atom stereocenters. The molecule has 0 aromatic rings. The molecule has 0 bridgehead atoms. The second-order valence-electron chi connectivity index (χ2n) is 5.60. The average Bonchev–Trinajstić information content (AvgIpc) is 2.26. The highest BCUT2D eigenvalue weighted by molar-refractivity contribution is 5.81. The maximum Gasteiger partial charge on any atom is 0.237 e. The zero-order valence-corrected chi connectivity index (χ0v) is 11.3. The lowest BCUT2D eigenvalue weighted by Crippen LogP contribution is -2.51. The quantitative estimate of drug-likeness (QED) is 0.675. The Balaban J connectivity index is 2.33. The van der Waals surface area contributed by atoms with Gasteiger partial charge in [0.2, 0.25) is 5.91 Å². The van der Waals surface area contributed by atoms with Crippen LogP contribution in [0.15, 0.2) is 0 Å². The minimum absolute atomic E-state index is 0.0212. The van der Waals surface area contributed by atoms with Gasteiger partial charge in [0, 0.05) is 6.54 Å². The molecule has 0 aromatic carbocycles. The molecule has 17 heavy (non-hydrogen) atoms. The second kappa shape index (κ2) is 6.36. The molecule has 0 saturated carbocycles. The molecule has 3 N–H and O–H groups in total. The van der Waals surface area contributed by atoms with Crippen LogP contribution in [0.5, 0.6) is 0 Å². The summed E-state index contributed by atoms with van der Waals surface area (Å²) < 4.78 is 0. The van der Waals surface area contributed by atoms with Crippen LogP contribution in [-0.4, -0.2) is 35.7 Å². The molecule has 0 spiro atoms. The Morgan fingerprint density at radius 1 is 1.59 bits per heavy atom. The Labute approximate surface area is 104 Å². The zero-order valence-electron chi connectivity index (χ0n) is 11.3. The van der Waals surface area contributed by atoms with E-state index in [0.717, 1.165) is 25.8 Å². The number of hydrogen-bond acceptors (Lipinski definition) is 3. The van der Waals surface area contributed by atoms with Gasteiger partial charge in [-0.25, -0.2) is 0 Å². The molecule has 1 amide bonds. The van der Waals surface area contributed by atoms with E-state index >= 15 is 0 Å². The molecular weight excluding hydrogens is 216 g/mol. The van der Waals surface area contributed by atoms with Crippen molar-refractivity contribution in [2.75, 3.05) is 13.1 Å². The van der Waals surface area contributed by atoms with Crippen LogP contribution in [0.4, 0.5) is 0 Å². The first-order valence-electron chi connectivity index (χ1n) is 6.68. The van der Waals surface area contributed by atoms with Gasteiger partial charge in [-0.3, -0.25) is 4.79 Å². The minimum atomic E-state index is -0.787. The molecule has 4 heteroatoms. The summed E-state index contributed by atoms with van der Waals surface area (Å²) in [6, 6.07) is -0.0869. The second-order valence-corrected chi connectivity index (χ2v) is 5.60. The normalized spacial score (nSPS) is 28.5. The first kappa shape index (κ1) is 14.5. The molecule has 1 saturated heterocycles. The van der Waals surface area contributed by atoms with Gasteiger partial charge in [-0.05, 0) is 38.6 Å². The van der Waals surface area contributed by atoms with Gasteiger partial charge in [-0.1, -0.05) is 20.3 Å². The lowest BCUT2D eigenvalue weighted by atomic mass is 9.93. The van der Waals surface area contributed by atoms with E-state index in [4.69, 9.17) is 0 Å². The largest absolute Gasteiger partial charge is 0.388 e. The predicted molar refractivity (Wildman–Crippen MR) is 68.7 cm³/mol. The van der Waals surface area contributed by atoms with Gasteiger partial charge in [0.15, 0.2) is 0 Å². The fourth-order valence-electron chi connectivity index (χ4n) is 2.33. The van der Waals surface area contributed by atoms with Crippen LogP contribution in [0, 0.1) is 5.92 Å². The monoisotopic (exact) mass is 242 g/mol. The average molecular weight is 242 g/mol. The lowest BCUT2D eigenvalue weighted by molar-refractivity contribution is -0.125. The lowest BCUT2D eigenvalue weighted by Gasteiger charge is -2.29. The summed E-state index contributed by atoms with van der Waals surface area (Å²) in [5.74, 6) is 0.621. The summed E-state index contributed by atoms with van der Waals surface area (Å²) in [5.41, 5.74) is -0.787. The van der Waals surface area contributed by atoms with Gasteiger partial charge >= 0.3 is 0 Å². The van der Waals surface area contributed by atoms with Gasteiger partial charge in [0.1, 0.15) is 0 Å². The van der Waals surface area contributed by atoms with Crippen LogP contribution in [-0.2, 0) is 4.79 Å². The molecule has 4 nitrogen and oxygen atoms in total. The van der Waals surface area contributed by atoms with E-state index in [9.17, 15) is 9.90 Å². The van der Waals surface area contributed by atoms with Gasteiger partial charge in [0.05, 0.1) is 11.6 Å². The summed E-state index contributed by atoms with van der Waals surface area (Å²) in [6.07, 6.45) is 3.66. The van der Waals surface area contributed by atoms with Crippen molar-refractivity contribution >= 4 is 5.91 Å². The van der Waals surface area contributed by atoms with Crippen molar-refractivity contribution in [3.63, 3.8) is 0 Å². The Kier molecular flexibility index (Phi) is 5.40. The van der Waals surface area contributed by atoms with Crippen molar-refractivity contribution in [2.45, 2.75) is 58.1 Å². The molecule has 100 valence electrons. The van der Waals surface area contributed by atoms with E-state index in [1.54, 1.807) is 6.92 Å². The summed E-state index contributed by atoms with van der Waals surface area (Å²) in [6.45, 7) is 7.22. The third kappa shape index (κ3) is 5.04. The fraction of sp³-hybridized carbons (Fsp3) is 0.923. The van der Waals surface area contributed by atoms with E-state index in [-0.39, 0.29) is 11.9 Å². The molecule has 1 fully saturated rings. The Bertz CT molecular complexity index is 254. The van der Waals surface area contributed by atoms with E-state index in [1.165, 1.54) is 0 Å². The van der Waals surface area contributed by atoms with E-state index < -0.39 is 5.60 Å². The third-order valence-corrected chi connectivity index (χ3v) is 3.41. The number of nitrogens with one attached hydrogen (secondary N) is 2.